The summed E-state index contributed by atoms with van der Waals surface area (Å²) in [4.78, 5) is 12.7. The molecule has 3 rings (SSSR count). The number of fused-ring (bicyclic) bond motifs is 1. The molecule has 0 amide bonds. The van der Waals surface area contributed by atoms with E-state index in [-0.39, 0.29) is 11.0 Å². The SMILES string of the molecule is Cn1cc(NC(C)(C)C)nc1-c1nc2ccc(C(O)C(C)(C)C)cc2[nH]1. The van der Waals surface area contributed by atoms with Crippen molar-refractivity contribution in [3.63, 3.8) is 0 Å². The van der Waals surface area contributed by atoms with Crippen LogP contribution in [0, 0.1) is 5.41 Å². The number of aromatic amines is 1. The lowest BCUT2D eigenvalue weighted by Crippen LogP contribution is -2.26. The van der Waals surface area contributed by atoms with E-state index in [2.05, 4.69) is 41.0 Å². The molecule has 0 aliphatic carbocycles. The molecule has 3 aromatic rings. The molecular formula is C20H29N5O. The van der Waals surface area contributed by atoms with Gasteiger partial charge in [0.05, 0.1) is 17.1 Å². The lowest BCUT2D eigenvalue weighted by molar-refractivity contribution is 0.0628. The Bertz CT molecular complexity index is 924. The lowest BCUT2D eigenvalue weighted by Gasteiger charge is -2.26. The number of aryl methyl sites for hydroxylation is 1. The summed E-state index contributed by atoms with van der Waals surface area (Å²) in [6, 6.07) is 5.85. The van der Waals surface area contributed by atoms with Gasteiger partial charge in [0, 0.05) is 18.8 Å². The number of hydrogen-bond donors (Lipinski definition) is 3. The Morgan fingerprint density at radius 2 is 1.81 bits per heavy atom. The first-order valence-corrected chi connectivity index (χ1v) is 8.94. The second-order valence-corrected chi connectivity index (χ2v) is 9.07. The van der Waals surface area contributed by atoms with Crippen molar-refractivity contribution in [1.82, 2.24) is 19.5 Å². The van der Waals surface area contributed by atoms with Crippen LogP contribution in [0.25, 0.3) is 22.7 Å². The summed E-state index contributed by atoms with van der Waals surface area (Å²) in [5.41, 5.74) is 2.36. The van der Waals surface area contributed by atoms with E-state index in [1.807, 2.05) is 56.8 Å². The molecule has 0 saturated carbocycles. The fourth-order valence-corrected chi connectivity index (χ4v) is 2.93. The van der Waals surface area contributed by atoms with Crippen LogP contribution >= 0.6 is 0 Å². The molecule has 0 spiro atoms. The minimum absolute atomic E-state index is 0.0580. The highest BCUT2D eigenvalue weighted by Gasteiger charge is 2.24. The largest absolute Gasteiger partial charge is 0.388 e. The number of hydrogen-bond acceptors (Lipinski definition) is 4. The predicted octanol–water partition coefficient (Wildman–Crippen LogP) is 4.25. The zero-order valence-corrected chi connectivity index (χ0v) is 16.7. The van der Waals surface area contributed by atoms with Crippen molar-refractivity contribution >= 4 is 16.9 Å². The monoisotopic (exact) mass is 355 g/mol. The number of H-pyrrole nitrogens is 1. The van der Waals surface area contributed by atoms with E-state index >= 15 is 0 Å². The van der Waals surface area contributed by atoms with E-state index in [0.29, 0.717) is 5.82 Å². The average Bonchev–Trinajstić information content (AvgIpc) is 3.05. The first-order valence-electron chi connectivity index (χ1n) is 8.94. The van der Waals surface area contributed by atoms with Gasteiger partial charge in [0.2, 0.25) is 0 Å². The molecule has 0 aliphatic heterocycles. The van der Waals surface area contributed by atoms with Crippen molar-refractivity contribution in [2.75, 3.05) is 5.32 Å². The van der Waals surface area contributed by atoms with Gasteiger partial charge in [-0.05, 0) is 43.9 Å². The number of nitrogens with one attached hydrogen (secondary N) is 2. The zero-order chi connectivity index (χ0) is 19.3. The minimum atomic E-state index is -0.533. The molecule has 3 N–H and O–H groups in total. The molecule has 6 nitrogen and oxygen atoms in total. The maximum absolute atomic E-state index is 10.5. The van der Waals surface area contributed by atoms with Crippen LogP contribution in [0.5, 0.6) is 0 Å². The lowest BCUT2D eigenvalue weighted by atomic mass is 9.85. The van der Waals surface area contributed by atoms with Crippen LogP contribution in [0.3, 0.4) is 0 Å². The Labute approximate surface area is 154 Å². The summed E-state index contributed by atoms with van der Waals surface area (Å²) in [5, 5.41) is 13.9. The second kappa shape index (κ2) is 6.13. The molecule has 1 atom stereocenters. The van der Waals surface area contributed by atoms with Crippen molar-refractivity contribution in [3.8, 4) is 11.6 Å². The highest BCUT2D eigenvalue weighted by molar-refractivity contribution is 5.79. The van der Waals surface area contributed by atoms with Gasteiger partial charge in [0.25, 0.3) is 0 Å². The molecule has 1 aromatic carbocycles. The molecule has 140 valence electrons. The summed E-state index contributed by atoms with van der Waals surface area (Å²) in [6.45, 7) is 12.4. The molecular weight excluding hydrogens is 326 g/mol. The zero-order valence-electron chi connectivity index (χ0n) is 16.7. The van der Waals surface area contributed by atoms with E-state index in [9.17, 15) is 5.11 Å². The molecule has 2 aromatic heterocycles. The number of benzene rings is 1. The smallest absolute Gasteiger partial charge is 0.178 e. The topological polar surface area (TPSA) is 78.8 Å². The number of aromatic nitrogens is 4. The quantitative estimate of drug-likeness (QED) is 0.656. The summed E-state index contributed by atoms with van der Waals surface area (Å²) >= 11 is 0. The molecule has 0 aliphatic rings. The van der Waals surface area contributed by atoms with E-state index in [0.717, 1.165) is 28.2 Å². The molecule has 0 bridgehead atoms. The fourth-order valence-electron chi connectivity index (χ4n) is 2.93. The Hall–Kier alpha value is -2.34. The van der Waals surface area contributed by atoms with E-state index < -0.39 is 6.10 Å². The molecule has 0 saturated heterocycles. The summed E-state index contributed by atoms with van der Waals surface area (Å²) in [7, 11) is 1.96. The van der Waals surface area contributed by atoms with Crippen molar-refractivity contribution in [2.45, 2.75) is 53.2 Å². The third-order valence-corrected chi connectivity index (χ3v) is 4.23. The van der Waals surface area contributed by atoms with Crippen LogP contribution in [0.2, 0.25) is 0 Å². The Balaban J connectivity index is 1.97. The third-order valence-electron chi connectivity index (χ3n) is 4.23. The number of aliphatic hydroxyl groups is 1. The van der Waals surface area contributed by atoms with Gasteiger partial charge >= 0.3 is 0 Å². The first kappa shape index (κ1) is 18.5. The van der Waals surface area contributed by atoms with Crippen molar-refractivity contribution in [2.24, 2.45) is 12.5 Å². The van der Waals surface area contributed by atoms with Crippen LogP contribution in [-0.4, -0.2) is 30.2 Å². The maximum atomic E-state index is 10.5. The number of rotatable bonds is 3. The Kier molecular flexibility index (Phi) is 4.35. The number of imidazole rings is 2. The predicted molar refractivity (Wildman–Crippen MR) is 106 cm³/mol. The van der Waals surface area contributed by atoms with Crippen LogP contribution in [0.4, 0.5) is 5.82 Å². The van der Waals surface area contributed by atoms with Crippen molar-refractivity contribution in [3.05, 3.63) is 30.0 Å². The Morgan fingerprint density at radius 1 is 1.12 bits per heavy atom. The van der Waals surface area contributed by atoms with Gasteiger partial charge in [-0.1, -0.05) is 26.8 Å². The van der Waals surface area contributed by atoms with E-state index in [1.54, 1.807) is 0 Å². The first-order chi connectivity index (χ1) is 11.9. The molecule has 1 unspecified atom stereocenters. The van der Waals surface area contributed by atoms with Gasteiger partial charge in [-0.2, -0.15) is 0 Å². The van der Waals surface area contributed by atoms with Crippen molar-refractivity contribution < 1.29 is 5.11 Å². The highest BCUT2D eigenvalue weighted by Crippen LogP contribution is 2.34. The summed E-state index contributed by atoms with van der Waals surface area (Å²) in [6.07, 6.45) is 1.43. The summed E-state index contributed by atoms with van der Waals surface area (Å²) < 4.78 is 1.96. The average molecular weight is 355 g/mol. The molecule has 26 heavy (non-hydrogen) atoms. The van der Waals surface area contributed by atoms with Gasteiger partial charge in [-0.3, -0.25) is 0 Å². The van der Waals surface area contributed by atoms with Crippen LogP contribution in [0.1, 0.15) is 53.2 Å². The van der Waals surface area contributed by atoms with E-state index in [4.69, 9.17) is 0 Å². The second-order valence-electron chi connectivity index (χ2n) is 9.07. The standard InChI is InChI=1S/C20H29N5O/c1-19(2,3)16(26)12-8-9-13-14(10-12)22-17(21-13)18-23-15(11-25(18)7)24-20(4,5)6/h8-11,16,24,26H,1-7H3,(H,21,22). The van der Waals surface area contributed by atoms with Gasteiger partial charge < -0.3 is 20.0 Å². The normalized spacial score (nSPS) is 14.0. The molecule has 6 heteroatoms. The van der Waals surface area contributed by atoms with Gasteiger partial charge in [-0.25, -0.2) is 9.97 Å². The summed E-state index contributed by atoms with van der Waals surface area (Å²) in [5.74, 6) is 2.30. The number of anilines is 1. The maximum Gasteiger partial charge on any atom is 0.178 e. The third kappa shape index (κ3) is 3.75. The van der Waals surface area contributed by atoms with Gasteiger partial charge in [0.15, 0.2) is 11.6 Å². The van der Waals surface area contributed by atoms with Gasteiger partial charge in [-0.15, -0.1) is 0 Å². The minimum Gasteiger partial charge on any atom is -0.388 e. The number of aliphatic hydroxyl groups excluding tert-OH is 1. The fraction of sp³-hybridized carbons (Fsp3) is 0.500. The van der Waals surface area contributed by atoms with E-state index in [1.165, 1.54) is 0 Å². The van der Waals surface area contributed by atoms with Crippen molar-refractivity contribution in [1.29, 1.82) is 0 Å². The van der Waals surface area contributed by atoms with Crippen LogP contribution < -0.4 is 5.32 Å². The van der Waals surface area contributed by atoms with Crippen LogP contribution in [0.15, 0.2) is 24.4 Å². The Morgan fingerprint density at radius 3 is 2.42 bits per heavy atom. The molecule has 0 fully saturated rings. The molecule has 2 heterocycles. The highest BCUT2D eigenvalue weighted by atomic mass is 16.3. The van der Waals surface area contributed by atoms with Crippen LogP contribution in [-0.2, 0) is 7.05 Å². The van der Waals surface area contributed by atoms with Gasteiger partial charge in [0.1, 0.15) is 5.82 Å². The molecule has 0 radical (unpaired) electrons. The number of nitrogens with zero attached hydrogens (tertiary/aromatic N) is 3.